The molecular formula is C15H15BrClNO2S. The lowest BCUT2D eigenvalue weighted by Crippen LogP contribution is -2.12. The van der Waals surface area contributed by atoms with Crippen LogP contribution in [-0.4, -0.2) is 14.3 Å². The second-order valence-electron chi connectivity index (χ2n) is 4.55. The van der Waals surface area contributed by atoms with E-state index in [4.69, 9.17) is 11.6 Å². The smallest absolute Gasteiger partial charge is 0.261 e. The fraction of sp³-hybridized carbons (Fsp3) is 0.200. The molecule has 0 fully saturated rings. The largest absolute Gasteiger partial charge is 0.280 e. The molecule has 0 aromatic heterocycles. The van der Waals surface area contributed by atoms with Crippen molar-refractivity contribution in [1.29, 1.82) is 0 Å². The molecular weight excluding hydrogens is 374 g/mol. The Bertz CT molecular complexity index is 702. The monoisotopic (exact) mass is 387 g/mol. The van der Waals surface area contributed by atoms with E-state index in [1.165, 1.54) is 0 Å². The highest BCUT2D eigenvalue weighted by atomic mass is 79.9. The van der Waals surface area contributed by atoms with Crippen molar-refractivity contribution in [3.05, 3.63) is 58.6 Å². The highest BCUT2D eigenvalue weighted by Gasteiger charge is 2.13. The van der Waals surface area contributed by atoms with Crippen molar-refractivity contribution < 1.29 is 8.42 Å². The number of hydrogen-bond donors (Lipinski definition) is 1. The van der Waals surface area contributed by atoms with Crippen LogP contribution in [0.2, 0.25) is 0 Å². The number of halogens is 2. The zero-order chi connectivity index (χ0) is 15.3. The van der Waals surface area contributed by atoms with Gasteiger partial charge < -0.3 is 0 Å². The summed E-state index contributed by atoms with van der Waals surface area (Å²) in [5, 5.41) is 0. The Labute approximate surface area is 138 Å². The number of alkyl halides is 1. The molecule has 6 heteroatoms. The van der Waals surface area contributed by atoms with E-state index in [2.05, 4.69) is 20.7 Å². The fourth-order valence-corrected chi connectivity index (χ4v) is 3.34. The maximum atomic E-state index is 12.3. The van der Waals surface area contributed by atoms with Gasteiger partial charge in [0.05, 0.1) is 4.90 Å². The minimum atomic E-state index is -3.56. The van der Waals surface area contributed by atoms with E-state index >= 15 is 0 Å². The second kappa shape index (κ2) is 7.29. The Hall–Kier alpha value is -1.04. The standard InChI is InChI=1S/C15H15BrClNO2S/c16-13-6-8-15(9-7-13)21(19,20)18-14-5-1-3-12(11-14)4-2-10-17/h1,3,5-9,11,18H,2,4,10H2. The summed E-state index contributed by atoms with van der Waals surface area (Å²) in [5.41, 5.74) is 1.62. The molecule has 112 valence electrons. The molecule has 0 bridgehead atoms. The second-order valence-corrected chi connectivity index (χ2v) is 7.53. The average Bonchev–Trinajstić information content (AvgIpc) is 2.45. The lowest BCUT2D eigenvalue weighted by molar-refractivity contribution is 0.601. The molecule has 3 nitrogen and oxygen atoms in total. The van der Waals surface area contributed by atoms with Gasteiger partial charge in [0.2, 0.25) is 0 Å². The zero-order valence-electron chi connectivity index (χ0n) is 11.2. The zero-order valence-corrected chi connectivity index (χ0v) is 14.4. The fourth-order valence-electron chi connectivity index (χ4n) is 1.89. The molecule has 0 radical (unpaired) electrons. The third kappa shape index (κ3) is 4.73. The van der Waals surface area contributed by atoms with Gasteiger partial charge in [0.15, 0.2) is 0 Å². The van der Waals surface area contributed by atoms with Crippen LogP contribution in [-0.2, 0) is 16.4 Å². The van der Waals surface area contributed by atoms with Gasteiger partial charge in [0.25, 0.3) is 10.0 Å². The van der Waals surface area contributed by atoms with Crippen molar-refractivity contribution >= 4 is 43.2 Å². The molecule has 0 aliphatic rings. The first-order chi connectivity index (χ1) is 10.0. The quantitative estimate of drug-likeness (QED) is 0.745. The first-order valence-electron chi connectivity index (χ1n) is 6.44. The van der Waals surface area contributed by atoms with Crippen LogP contribution in [0, 0.1) is 0 Å². The third-order valence-corrected chi connectivity index (χ3v) is 5.10. The van der Waals surface area contributed by atoms with Gasteiger partial charge in [-0.3, -0.25) is 4.72 Å². The molecule has 0 heterocycles. The van der Waals surface area contributed by atoms with Crippen LogP contribution in [0.5, 0.6) is 0 Å². The summed E-state index contributed by atoms with van der Waals surface area (Å²) in [4.78, 5) is 0.233. The van der Waals surface area contributed by atoms with Crippen molar-refractivity contribution in [2.45, 2.75) is 17.7 Å². The number of nitrogens with one attached hydrogen (secondary N) is 1. The Morgan fingerprint density at radius 2 is 1.81 bits per heavy atom. The summed E-state index contributed by atoms with van der Waals surface area (Å²) in [6, 6.07) is 13.9. The van der Waals surface area contributed by atoms with Crippen LogP contribution in [0.25, 0.3) is 0 Å². The maximum absolute atomic E-state index is 12.3. The van der Waals surface area contributed by atoms with Crippen molar-refractivity contribution in [2.24, 2.45) is 0 Å². The molecule has 0 spiro atoms. The van der Waals surface area contributed by atoms with E-state index in [0.29, 0.717) is 11.6 Å². The van der Waals surface area contributed by atoms with Gasteiger partial charge in [-0.25, -0.2) is 8.42 Å². The molecule has 2 aromatic carbocycles. The van der Waals surface area contributed by atoms with Crippen LogP contribution >= 0.6 is 27.5 Å². The summed E-state index contributed by atoms with van der Waals surface area (Å²) < 4.78 is 28.0. The maximum Gasteiger partial charge on any atom is 0.261 e. The van der Waals surface area contributed by atoms with Crippen LogP contribution < -0.4 is 4.72 Å². The van der Waals surface area contributed by atoms with Gasteiger partial charge in [-0.05, 0) is 54.8 Å². The predicted octanol–water partition coefficient (Wildman–Crippen LogP) is 4.42. The summed E-state index contributed by atoms with van der Waals surface area (Å²) in [6.45, 7) is 0. The van der Waals surface area contributed by atoms with E-state index in [9.17, 15) is 8.42 Å². The first-order valence-corrected chi connectivity index (χ1v) is 9.25. The summed E-state index contributed by atoms with van der Waals surface area (Å²) >= 11 is 8.96. The Morgan fingerprint density at radius 3 is 2.48 bits per heavy atom. The number of aryl methyl sites for hydroxylation is 1. The van der Waals surface area contributed by atoms with E-state index in [1.807, 2.05) is 18.2 Å². The van der Waals surface area contributed by atoms with Gasteiger partial charge in [-0.2, -0.15) is 0 Å². The predicted molar refractivity (Wildman–Crippen MR) is 90.4 cm³/mol. The normalized spacial score (nSPS) is 11.3. The number of rotatable bonds is 6. The van der Waals surface area contributed by atoms with E-state index in [1.54, 1.807) is 30.3 Å². The van der Waals surface area contributed by atoms with Crippen molar-refractivity contribution in [3.8, 4) is 0 Å². The number of anilines is 1. The van der Waals surface area contributed by atoms with Gasteiger partial charge in [-0.1, -0.05) is 28.1 Å². The van der Waals surface area contributed by atoms with Crippen molar-refractivity contribution in [2.75, 3.05) is 10.6 Å². The molecule has 0 saturated carbocycles. The molecule has 0 aliphatic carbocycles. The van der Waals surface area contributed by atoms with Crippen LogP contribution in [0.1, 0.15) is 12.0 Å². The Balaban J connectivity index is 2.18. The van der Waals surface area contributed by atoms with E-state index < -0.39 is 10.0 Å². The number of sulfonamides is 1. The number of hydrogen-bond acceptors (Lipinski definition) is 2. The molecule has 0 atom stereocenters. The molecule has 0 aliphatic heterocycles. The van der Waals surface area contributed by atoms with Crippen molar-refractivity contribution in [3.63, 3.8) is 0 Å². The van der Waals surface area contributed by atoms with Gasteiger partial charge in [-0.15, -0.1) is 11.6 Å². The van der Waals surface area contributed by atoms with Crippen molar-refractivity contribution in [1.82, 2.24) is 0 Å². The minimum absolute atomic E-state index is 0.233. The highest BCUT2D eigenvalue weighted by molar-refractivity contribution is 9.10. The van der Waals surface area contributed by atoms with E-state index in [0.717, 1.165) is 22.9 Å². The number of benzene rings is 2. The van der Waals surface area contributed by atoms with Gasteiger partial charge in [0.1, 0.15) is 0 Å². The van der Waals surface area contributed by atoms with E-state index in [-0.39, 0.29) is 4.90 Å². The molecule has 1 N–H and O–H groups in total. The average molecular weight is 389 g/mol. The Morgan fingerprint density at radius 1 is 1.10 bits per heavy atom. The summed E-state index contributed by atoms with van der Waals surface area (Å²) in [7, 11) is -3.56. The third-order valence-electron chi connectivity index (χ3n) is 2.90. The summed E-state index contributed by atoms with van der Waals surface area (Å²) in [6.07, 6.45) is 1.70. The highest BCUT2D eigenvalue weighted by Crippen LogP contribution is 2.19. The molecule has 0 saturated heterocycles. The Kier molecular flexibility index (Phi) is 5.67. The summed E-state index contributed by atoms with van der Waals surface area (Å²) in [5.74, 6) is 0.592. The molecule has 2 aromatic rings. The molecule has 0 unspecified atom stereocenters. The molecule has 21 heavy (non-hydrogen) atoms. The van der Waals surface area contributed by atoms with Crippen LogP contribution in [0.3, 0.4) is 0 Å². The van der Waals surface area contributed by atoms with Crippen LogP contribution in [0.4, 0.5) is 5.69 Å². The van der Waals surface area contributed by atoms with Gasteiger partial charge in [0, 0.05) is 16.0 Å². The molecule has 0 amide bonds. The lowest BCUT2D eigenvalue weighted by Gasteiger charge is -2.09. The molecule has 2 rings (SSSR count). The first kappa shape index (κ1) is 16.3. The van der Waals surface area contributed by atoms with Crippen LogP contribution in [0.15, 0.2) is 57.9 Å². The topological polar surface area (TPSA) is 46.2 Å². The lowest BCUT2D eigenvalue weighted by atomic mass is 10.1. The van der Waals surface area contributed by atoms with Gasteiger partial charge >= 0.3 is 0 Å². The SMILES string of the molecule is O=S(=O)(Nc1cccc(CCCCl)c1)c1ccc(Br)cc1. The minimum Gasteiger partial charge on any atom is -0.280 e.